The van der Waals surface area contributed by atoms with Gasteiger partial charge in [-0.05, 0) is 43.7 Å². The highest BCUT2D eigenvalue weighted by Gasteiger charge is 2.20. The van der Waals surface area contributed by atoms with Crippen LogP contribution < -0.4 is 5.32 Å². The van der Waals surface area contributed by atoms with Crippen molar-refractivity contribution in [2.45, 2.75) is 25.7 Å². The Bertz CT molecular complexity index is 883. The van der Waals surface area contributed by atoms with E-state index in [9.17, 15) is 13.2 Å². The molecule has 126 valence electrons. The number of benzene rings is 2. The van der Waals surface area contributed by atoms with E-state index in [2.05, 4.69) is 5.32 Å². The highest BCUT2D eigenvalue weighted by atomic mass is 35.5. The lowest BCUT2D eigenvalue weighted by Crippen LogP contribution is -2.06. The molecule has 0 fully saturated rings. The number of allylic oxidation sites excluding steroid dienone is 1. The van der Waals surface area contributed by atoms with E-state index in [1.807, 2.05) is 6.92 Å². The van der Waals surface area contributed by atoms with Crippen LogP contribution in [0.4, 0.5) is 5.69 Å². The van der Waals surface area contributed by atoms with Crippen LogP contribution in [0.2, 0.25) is 0 Å². The molecule has 0 radical (unpaired) electrons. The van der Waals surface area contributed by atoms with Crippen LogP contribution in [0.5, 0.6) is 0 Å². The van der Waals surface area contributed by atoms with Crippen molar-refractivity contribution in [1.29, 1.82) is 0 Å². The summed E-state index contributed by atoms with van der Waals surface area (Å²) in [6.45, 7) is 4.79. The molecule has 0 atom stereocenters. The third kappa shape index (κ3) is 4.04. The molecule has 0 spiro atoms. The monoisotopic (exact) mass is 363 g/mol. The van der Waals surface area contributed by atoms with E-state index in [1.165, 1.54) is 13.8 Å². The van der Waals surface area contributed by atoms with Crippen molar-refractivity contribution in [2.75, 3.05) is 5.32 Å². The largest absolute Gasteiger partial charge is 0.326 e. The number of rotatable bonds is 4. The predicted octanol–water partition coefficient (Wildman–Crippen LogP) is 4.35. The fourth-order valence-electron chi connectivity index (χ4n) is 2.12. The summed E-state index contributed by atoms with van der Waals surface area (Å²) in [5, 5.41) is 2.80. The Kier molecular flexibility index (Phi) is 5.47. The SMILES string of the molecule is CC(=O)Nc1ccc(/C(Cl)=C(/C)S(=O)(=O)c2ccc(C)cc2)cc1. The molecule has 0 saturated carbocycles. The van der Waals surface area contributed by atoms with Crippen LogP contribution in [0.15, 0.2) is 58.3 Å². The van der Waals surface area contributed by atoms with Gasteiger partial charge >= 0.3 is 0 Å². The number of anilines is 1. The summed E-state index contributed by atoms with van der Waals surface area (Å²) in [4.78, 5) is 11.3. The second-order valence-corrected chi connectivity index (χ2v) is 7.91. The van der Waals surface area contributed by atoms with Gasteiger partial charge in [0.25, 0.3) is 0 Å². The maximum Gasteiger partial charge on any atom is 0.221 e. The first-order valence-corrected chi connectivity index (χ1v) is 9.14. The molecule has 0 unspecified atom stereocenters. The van der Waals surface area contributed by atoms with Crippen molar-refractivity contribution < 1.29 is 13.2 Å². The van der Waals surface area contributed by atoms with E-state index in [0.29, 0.717) is 11.3 Å². The van der Waals surface area contributed by atoms with E-state index in [0.717, 1.165) is 5.56 Å². The van der Waals surface area contributed by atoms with Crippen LogP contribution >= 0.6 is 11.6 Å². The van der Waals surface area contributed by atoms with Gasteiger partial charge in [0.1, 0.15) is 0 Å². The third-order valence-corrected chi connectivity index (χ3v) is 6.02. The Morgan fingerprint density at radius 3 is 2.00 bits per heavy atom. The van der Waals surface area contributed by atoms with E-state index in [-0.39, 0.29) is 20.7 Å². The van der Waals surface area contributed by atoms with Gasteiger partial charge in [-0.2, -0.15) is 0 Å². The molecule has 0 aliphatic heterocycles. The molecule has 6 heteroatoms. The van der Waals surface area contributed by atoms with Gasteiger partial charge in [0.15, 0.2) is 0 Å². The molecular formula is C18H18ClNO3S. The highest BCUT2D eigenvalue weighted by molar-refractivity contribution is 7.95. The molecule has 0 aliphatic carbocycles. The van der Waals surface area contributed by atoms with Crippen LogP contribution in [-0.2, 0) is 14.6 Å². The van der Waals surface area contributed by atoms with Crippen LogP contribution in [-0.4, -0.2) is 14.3 Å². The zero-order valence-electron chi connectivity index (χ0n) is 13.6. The maximum absolute atomic E-state index is 12.7. The Labute approximate surface area is 147 Å². The minimum absolute atomic E-state index is 0.0836. The van der Waals surface area contributed by atoms with Gasteiger partial charge in [-0.25, -0.2) is 8.42 Å². The second kappa shape index (κ2) is 7.20. The standard InChI is InChI=1S/C18H18ClNO3S/c1-12-4-10-17(11-5-12)24(22,23)13(2)18(19)15-6-8-16(9-7-15)20-14(3)21/h4-11H,1-3H3,(H,20,21)/b18-13+. The average Bonchev–Trinajstić information content (AvgIpc) is 2.54. The zero-order chi connectivity index (χ0) is 17.9. The summed E-state index contributed by atoms with van der Waals surface area (Å²) in [6.07, 6.45) is 0. The highest BCUT2D eigenvalue weighted by Crippen LogP contribution is 2.30. The molecule has 2 aromatic rings. The van der Waals surface area contributed by atoms with Gasteiger partial charge in [-0.15, -0.1) is 0 Å². The minimum Gasteiger partial charge on any atom is -0.326 e. The van der Waals surface area contributed by atoms with Crippen molar-refractivity contribution in [3.05, 3.63) is 64.6 Å². The van der Waals surface area contributed by atoms with Crippen molar-refractivity contribution in [2.24, 2.45) is 0 Å². The van der Waals surface area contributed by atoms with Crippen molar-refractivity contribution in [3.63, 3.8) is 0 Å². The molecule has 1 amide bonds. The lowest BCUT2D eigenvalue weighted by Gasteiger charge is -2.09. The van der Waals surface area contributed by atoms with Crippen LogP contribution in [0.1, 0.15) is 25.0 Å². The lowest BCUT2D eigenvalue weighted by molar-refractivity contribution is -0.114. The first-order valence-electron chi connectivity index (χ1n) is 7.28. The number of hydrogen-bond acceptors (Lipinski definition) is 3. The number of aryl methyl sites for hydroxylation is 1. The van der Waals surface area contributed by atoms with Crippen molar-refractivity contribution >= 4 is 38.1 Å². The van der Waals surface area contributed by atoms with Gasteiger partial charge in [0.05, 0.1) is 14.8 Å². The molecular weight excluding hydrogens is 346 g/mol. The van der Waals surface area contributed by atoms with Crippen LogP contribution in [0.25, 0.3) is 5.03 Å². The summed E-state index contributed by atoms with van der Waals surface area (Å²) >= 11 is 6.29. The summed E-state index contributed by atoms with van der Waals surface area (Å²) in [5.74, 6) is -0.178. The number of halogens is 1. The number of carbonyl (C=O) groups excluding carboxylic acids is 1. The summed E-state index contributed by atoms with van der Waals surface area (Å²) in [6, 6.07) is 13.3. The first kappa shape index (κ1) is 18.2. The fourth-order valence-corrected chi connectivity index (χ4v) is 3.75. The zero-order valence-corrected chi connectivity index (χ0v) is 15.2. The summed E-state index contributed by atoms with van der Waals surface area (Å²) < 4.78 is 25.3. The first-order chi connectivity index (χ1) is 11.2. The second-order valence-electron chi connectivity index (χ2n) is 5.45. The number of nitrogens with one attached hydrogen (secondary N) is 1. The van der Waals surface area contributed by atoms with Gasteiger partial charge in [0, 0.05) is 12.6 Å². The molecule has 2 rings (SSSR count). The van der Waals surface area contributed by atoms with E-state index in [1.54, 1.807) is 48.5 Å². The van der Waals surface area contributed by atoms with E-state index in [4.69, 9.17) is 11.6 Å². The number of hydrogen-bond donors (Lipinski definition) is 1. The Morgan fingerprint density at radius 2 is 1.50 bits per heavy atom. The number of sulfone groups is 1. The van der Waals surface area contributed by atoms with Gasteiger partial charge in [-0.3, -0.25) is 4.79 Å². The third-order valence-electron chi connectivity index (χ3n) is 3.50. The molecule has 1 N–H and O–H groups in total. The van der Waals surface area contributed by atoms with Gasteiger partial charge in [-0.1, -0.05) is 41.4 Å². The predicted molar refractivity (Wildman–Crippen MR) is 97.6 cm³/mol. The fraction of sp³-hybridized carbons (Fsp3) is 0.167. The summed E-state index contributed by atoms with van der Waals surface area (Å²) in [5.41, 5.74) is 2.17. The molecule has 4 nitrogen and oxygen atoms in total. The molecule has 2 aromatic carbocycles. The quantitative estimate of drug-likeness (QED) is 0.878. The van der Waals surface area contributed by atoms with E-state index < -0.39 is 9.84 Å². The van der Waals surface area contributed by atoms with Gasteiger partial charge in [0.2, 0.25) is 15.7 Å². The molecule has 24 heavy (non-hydrogen) atoms. The lowest BCUT2D eigenvalue weighted by atomic mass is 10.2. The van der Waals surface area contributed by atoms with Crippen molar-refractivity contribution in [1.82, 2.24) is 0 Å². The molecule has 0 saturated heterocycles. The topological polar surface area (TPSA) is 63.2 Å². The van der Waals surface area contributed by atoms with Crippen molar-refractivity contribution in [3.8, 4) is 0 Å². The number of amides is 1. The molecule has 0 aromatic heterocycles. The number of carbonyl (C=O) groups is 1. The smallest absolute Gasteiger partial charge is 0.221 e. The molecule has 0 heterocycles. The Morgan fingerprint density at radius 1 is 0.958 bits per heavy atom. The molecule has 0 aliphatic rings. The van der Waals surface area contributed by atoms with Crippen LogP contribution in [0, 0.1) is 6.92 Å². The maximum atomic E-state index is 12.7. The minimum atomic E-state index is -3.65. The summed E-state index contributed by atoms with van der Waals surface area (Å²) in [7, 11) is -3.65. The van der Waals surface area contributed by atoms with E-state index >= 15 is 0 Å². The average molecular weight is 364 g/mol. The Balaban J connectivity index is 2.39. The van der Waals surface area contributed by atoms with Crippen LogP contribution in [0.3, 0.4) is 0 Å². The normalized spacial score (nSPS) is 12.5. The molecule has 0 bridgehead atoms. The Hall–Kier alpha value is -2.11. The van der Waals surface area contributed by atoms with Gasteiger partial charge < -0.3 is 5.32 Å².